The van der Waals surface area contributed by atoms with E-state index in [4.69, 9.17) is 10.5 Å². The molecule has 2 rings (SSSR count). The standard InChI is InChI=1S/C12H25N3O/c13-4-7-14-5-1-6-15(9-8-14)12-2-10-16-11-3-12/h12H,1-11,13H2. The van der Waals surface area contributed by atoms with E-state index in [-0.39, 0.29) is 0 Å². The maximum absolute atomic E-state index is 5.62. The number of hydrogen-bond donors (Lipinski definition) is 1. The van der Waals surface area contributed by atoms with E-state index in [9.17, 15) is 0 Å². The van der Waals surface area contributed by atoms with Gasteiger partial charge in [0.1, 0.15) is 0 Å². The third-order valence-electron chi connectivity index (χ3n) is 3.78. The molecule has 2 heterocycles. The first-order valence-electron chi connectivity index (χ1n) is 6.64. The predicted molar refractivity (Wildman–Crippen MR) is 65.5 cm³/mol. The molecule has 0 radical (unpaired) electrons. The summed E-state index contributed by atoms with van der Waals surface area (Å²) < 4.78 is 5.43. The molecule has 0 amide bonds. The summed E-state index contributed by atoms with van der Waals surface area (Å²) >= 11 is 0. The van der Waals surface area contributed by atoms with Crippen LogP contribution in [0.15, 0.2) is 0 Å². The Kier molecular flexibility index (Phi) is 5.03. The molecular weight excluding hydrogens is 202 g/mol. The van der Waals surface area contributed by atoms with Crippen molar-refractivity contribution in [1.82, 2.24) is 9.80 Å². The van der Waals surface area contributed by atoms with E-state index in [1.54, 1.807) is 0 Å². The van der Waals surface area contributed by atoms with Crippen LogP contribution in [0.25, 0.3) is 0 Å². The Morgan fingerprint density at radius 3 is 2.62 bits per heavy atom. The normalized spacial score (nSPS) is 26.8. The van der Waals surface area contributed by atoms with Gasteiger partial charge in [-0.05, 0) is 32.4 Å². The van der Waals surface area contributed by atoms with Crippen molar-refractivity contribution >= 4 is 0 Å². The van der Waals surface area contributed by atoms with Crippen LogP contribution in [0.4, 0.5) is 0 Å². The van der Waals surface area contributed by atoms with Crippen LogP contribution in [0.5, 0.6) is 0 Å². The molecule has 2 fully saturated rings. The largest absolute Gasteiger partial charge is 0.381 e. The zero-order valence-corrected chi connectivity index (χ0v) is 10.2. The molecule has 0 unspecified atom stereocenters. The zero-order chi connectivity index (χ0) is 11.2. The van der Waals surface area contributed by atoms with Gasteiger partial charge in [0, 0.05) is 45.4 Å². The molecule has 0 aromatic heterocycles. The highest BCUT2D eigenvalue weighted by molar-refractivity contribution is 4.78. The molecule has 4 nitrogen and oxygen atoms in total. The smallest absolute Gasteiger partial charge is 0.0480 e. The van der Waals surface area contributed by atoms with Crippen LogP contribution in [0.3, 0.4) is 0 Å². The Balaban J connectivity index is 1.78. The summed E-state index contributed by atoms with van der Waals surface area (Å²) in [6, 6.07) is 0.770. The lowest BCUT2D eigenvalue weighted by molar-refractivity contribution is 0.0354. The van der Waals surface area contributed by atoms with E-state index in [0.717, 1.165) is 32.3 Å². The highest BCUT2D eigenvalue weighted by Gasteiger charge is 2.23. The lowest BCUT2D eigenvalue weighted by atomic mass is 10.1. The summed E-state index contributed by atoms with van der Waals surface area (Å²) in [6.07, 6.45) is 3.73. The molecule has 0 aliphatic carbocycles. The zero-order valence-electron chi connectivity index (χ0n) is 10.2. The second kappa shape index (κ2) is 6.55. The minimum atomic E-state index is 0.770. The Bertz CT molecular complexity index is 195. The summed E-state index contributed by atoms with van der Waals surface area (Å²) in [6.45, 7) is 8.63. The van der Waals surface area contributed by atoms with Crippen molar-refractivity contribution in [3.05, 3.63) is 0 Å². The molecule has 4 heteroatoms. The first-order valence-corrected chi connectivity index (χ1v) is 6.64. The lowest BCUT2D eigenvalue weighted by Gasteiger charge is -2.33. The van der Waals surface area contributed by atoms with Crippen molar-refractivity contribution in [1.29, 1.82) is 0 Å². The fraction of sp³-hybridized carbons (Fsp3) is 1.00. The molecule has 16 heavy (non-hydrogen) atoms. The maximum atomic E-state index is 5.62. The van der Waals surface area contributed by atoms with E-state index in [2.05, 4.69) is 9.80 Å². The molecule has 2 N–H and O–H groups in total. The molecule has 0 saturated carbocycles. The second-order valence-corrected chi connectivity index (χ2v) is 4.86. The minimum absolute atomic E-state index is 0.770. The molecule has 0 spiro atoms. The quantitative estimate of drug-likeness (QED) is 0.744. The van der Waals surface area contributed by atoms with Crippen LogP contribution in [-0.2, 0) is 4.74 Å². The summed E-state index contributed by atoms with van der Waals surface area (Å²) in [5, 5.41) is 0. The predicted octanol–water partition coefficient (Wildman–Crippen LogP) is 0.132. The van der Waals surface area contributed by atoms with Gasteiger partial charge in [-0.25, -0.2) is 0 Å². The van der Waals surface area contributed by atoms with Crippen molar-refractivity contribution in [2.75, 3.05) is 52.5 Å². The Hall–Kier alpha value is -0.160. The van der Waals surface area contributed by atoms with Crippen LogP contribution >= 0.6 is 0 Å². The van der Waals surface area contributed by atoms with Crippen molar-refractivity contribution < 1.29 is 4.74 Å². The fourth-order valence-corrected chi connectivity index (χ4v) is 2.81. The second-order valence-electron chi connectivity index (χ2n) is 4.86. The number of hydrogen-bond acceptors (Lipinski definition) is 4. The van der Waals surface area contributed by atoms with Crippen molar-refractivity contribution in [3.63, 3.8) is 0 Å². The number of nitrogens with two attached hydrogens (primary N) is 1. The fourth-order valence-electron chi connectivity index (χ4n) is 2.81. The first-order chi connectivity index (χ1) is 7.90. The molecule has 0 atom stereocenters. The van der Waals surface area contributed by atoms with E-state index in [1.165, 1.54) is 45.4 Å². The molecule has 2 aliphatic rings. The molecule has 94 valence electrons. The lowest BCUT2D eigenvalue weighted by Crippen LogP contribution is -2.42. The first kappa shape index (κ1) is 12.3. The van der Waals surface area contributed by atoms with Crippen molar-refractivity contribution in [2.24, 2.45) is 5.73 Å². The van der Waals surface area contributed by atoms with Crippen LogP contribution in [-0.4, -0.2) is 68.3 Å². The molecule has 2 saturated heterocycles. The van der Waals surface area contributed by atoms with Gasteiger partial charge in [0.25, 0.3) is 0 Å². The van der Waals surface area contributed by atoms with E-state index in [1.807, 2.05) is 0 Å². The van der Waals surface area contributed by atoms with Gasteiger partial charge in [-0.3, -0.25) is 4.90 Å². The molecule has 0 bridgehead atoms. The van der Waals surface area contributed by atoms with Gasteiger partial charge >= 0.3 is 0 Å². The Morgan fingerprint density at radius 2 is 1.88 bits per heavy atom. The van der Waals surface area contributed by atoms with E-state index < -0.39 is 0 Å². The summed E-state index contributed by atoms with van der Waals surface area (Å²) in [5.74, 6) is 0. The third-order valence-corrected chi connectivity index (χ3v) is 3.78. The minimum Gasteiger partial charge on any atom is -0.381 e. The van der Waals surface area contributed by atoms with Gasteiger partial charge < -0.3 is 15.4 Å². The molecular formula is C12H25N3O. The average molecular weight is 227 g/mol. The molecule has 2 aliphatic heterocycles. The van der Waals surface area contributed by atoms with Gasteiger partial charge in [0.15, 0.2) is 0 Å². The van der Waals surface area contributed by atoms with E-state index >= 15 is 0 Å². The summed E-state index contributed by atoms with van der Waals surface area (Å²) in [7, 11) is 0. The van der Waals surface area contributed by atoms with Crippen LogP contribution in [0.1, 0.15) is 19.3 Å². The number of rotatable bonds is 3. The van der Waals surface area contributed by atoms with Crippen LogP contribution < -0.4 is 5.73 Å². The van der Waals surface area contributed by atoms with Crippen molar-refractivity contribution in [3.8, 4) is 0 Å². The van der Waals surface area contributed by atoms with Crippen LogP contribution in [0.2, 0.25) is 0 Å². The highest BCUT2D eigenvalue weighted by atomic mass is 16.5. The SMILES string of the molecule is NCCN1CCCN(C2CCOCC2)CC1. The summed E-state index contributed by atoms with van der Waals surface area (Å²) in [5.41, 5.74) is 5.62. The van der Waals surface area contributed by atoms with Gasteiger partial charge in [0.05, 0.1) is 0 Å². The molecule has 0 aromatic rings. The average Bonchev–Trinajstić information content (AvgIpc) is 2.57. The van der Waals surface area contributed by atoms with Crippen molar-refractivity contribution in [2.45, 2.75) is 25.3 Å². The third kappa shape index (κ3) is 3.42. The Morgan fingerprint density at radius 1 is 1.06 bits per heavy atom. The Labute approximate surface area is 98.7 Å². The highest BCUT2D eigenvalue weighted by Crippen LogP contribution is 2.16. The van der Waals surface area contributed by atoms with Gasteiger partial charge in [-0.1, -0.05) is 0 Å². The van der Waals surface area contributed by atoms with Gasteiger partial charge in [0.2, 0.25) is 0 Å². The maximum Gasteiger partial charge on any atom is 0.0480 e. The number of nitrogens with zero attached hydrogens (tertiary/aromatic N) is 2. The van der Waals surface area contributed by atoms with Gasteiger partial charge in [-0.15, -0.1) is 0 Å². The van der Waals surface area contributed by atoms with Crippen LogP contribution in [0, 0.1) is 0 Å². The number of ether oxygens (including phenoxy) is 1. The van der Waals surface area contributed by atoms with E-state index in [0.29, 0.717) is 0 Å². The monoisotopic (exact) mass is 227 g/mol. The van der Waals surface area contributed by atoms with Gasteiger partial charge in [-0.2, -0.15) is 0 Å². The molecule has 0 aromatic carbocycles. The summed E-state index contributed by atoms with van der Waals surface area (Å²) in [4.78, 5) is 5.17. The topological polar surface area (TPSA) is 41.7 Å².